The lowest BCUT2D eigenvalue weighted by Gasteiger charge is -2.23. The molecule has 1 aromatic carbocycles. The second-order valence-electron chi connectivity index (χ2n) is 7.39. The molecule has 0 aliphatic heterocycles. The minimum absolute atomic E-state index is 0.0126. The molecule has 2 aromatic rings. The zero-order valence-electron chi connectivity index (χ0n) is 18.1. The lowest BCUT2D eigenvalue weighted by molar-refractivity contribution is -0.128. The lowest BCUT2D eigenvalue weighted by atomic mass is 10.1. The summed E-state index contributed by atoms with van der Waals surface area (Å²) in [4.78, 5) is 42.5. The van der Waals surface area contributed by atoms with Crippen LogP contribution in [0.25, 0.3) is 0 Å². The van der Waals surface area contributed by atoms with Gasteiger partial charge in [0.2, 0.25) is 17.7 Å². The molecule has 8 heteroatoms. The Bertz CT molecular complexity index is 891. The Morgan fingerprint density at radius 3 is 2.27 bits per heavy atom. The van der Waals surface area contributed by atoms with Crippen LogP contribution in [0.2, 0.25) is 0 Å². The van der Waals surface area contributed by atoms with Crippen LogP contribution in [0.3, 0.4) is 0 Å². The fraction of sp³-hybridized carbons (Fsp3) is 0.364. The highest BCUT2D eigenvalue weighted by Crippen LogP contribution is 2.19. The highest BCUT2D eigenvalue weighted by molar-refractivity contribution is 5.96. The first-order valence-electron chi connectivity index (χ1n) is 9.74. The number of para-hydroxylation sites is 1. The number of aryl methyl sites for hydroxylation is 3. The van der Waals surface area contributed by atoms with Crippen molar-refractivity contribution in [3.05, 3.63) is 53.2 Å². The monoisotopic (exact) mass is 411 g/mol. The molecule has 0 aliphatic carbocycles. The molecule has 1 heterocycles. The van der Waals surface area contributed by atoms with Gasteiger partial charge >= 0.3 is 0 Å². The van der Waals surface area contributed by atoms with Crippen molar-refractivity contribution in [2.24, 2.45) is 0 Å². The van der Waals surface area contributed by atoms with Crippen LogP contribution in [0, 0.1) is 20.8 Å². The van der Waals surface area contributed by atoms with Crippen molar-refractivity contribution in [3.63, 3.8) is 0 Å². The zero-order chi connectivity index (χ0) is 22.3. The van der Waals surface area contributed by atoms with Crippen LogP contribution in [-0.2, 0) is 14.4 Å². The number of aromatic nitrogens is 1. The highest BCUT2D eigenvalue weighted by atomic mass is 16.2. The summed E-state index contributed by atoms with van der Waals surface area (Å²) in [5.74, 6) is -0.463. The number of nitrogens with one attached hydrogen (secondary N) is 3. The molecule has 0 bridgehead atoms. The van der Waals surface area contributed by atoms with Gasteiger partial charge in [0.15, 0.2) is 0 Å². The van der Waals surface area contributed by atoms with Crippen molar-refractivity contribution in [3.8, 4) is 0 Å². The van der Waals surface area contributed by atoms with E-state index < -0.39 is 6.04 Å². The average Bonchev–Trinajstić information content (AvgIpc) is 2.70. The van der Waals surface area contributed by atoms with Gasteiger partial charge in [0.25, 0.3) is 0 Å². The standard InChI is InChI=1S/C22H29N5O3/c1-14-9-10-18(23-11-14)25-20(29)13-27(5)17(4)22(30)24-12-19(28)26-21-15(2)7-6-8-16(21)3/h6-11,17H,12-13H2,1-5H3,(H,24,30)(H,26,28)(H,23,25,29). The Hall–Kier alpha value is -3.26. The van der Waals surface area contributed by atoms with E-state index in [1.165, 1.54) is 0 Å². The third-order valence-electron chi connectivity index (χ3n) is 4.78. The van der Waals surface area contributed by atoms with Crippen molar-refractivity contribution in [1.82, 2.24) is 15.2 Å². The molecular weight excluding hydrogens is 382 g/mol. The van der Waals surface area contributed by atoms with Gasteiger partial charge in [0.1, 0.15) is 5.82 Å². The topological polar surface area (TPSA) is 103 Å². The largest absolute Gasteiger partial charge is 0.346 e. The number of anilines is 2. The molecule has 3 amide bonds. The summed E-state index contributed by atoms with van der Waals surface area (Å²) in [5.41, 5.74) is 3.66. The molecule has 1 atom stereocenters. The highest BCUT2D eigenvalue weighted by Gasteiger charge is 2.21. The van der Waals surface area contributed by atoms with E-state index in [0.29, 0.717) is 5.82 Å². The average molecular weight is 412 g/mol. The van der Waals surface area contributed by atoms with Crippen molar-refractivity contribution >= 4 is 29.2 Å². The number of carbonyl (C=O) groups is 3. The fourth-order valence-electron chi connectivity index (χ4n) is 2.80. The maximum Gasteiger partial charge on any atom is 0.243 e. The number of hydrogen-bond acceptors (Lipinski definition) is 5. The summed E-state index contributed by atoms with van der Waals surface area (Å²) in [6, 6.07) is 8.73. The number of amides is 3. The molecule has 0 fully saturated rings. The second kappa shape index (κ2) is 10.5. The molecule has 0 saturated heterocycles. The van der Waals surface area contributed by atoms with Crippen LogP contribution in [0.4, 0.5) is 11.5 Å². The van der Waals surface area contributed by atoms with Crippen LogP contribution < -0.4 is 16.0 Å². The first-order valence-corrected chi connectivity index (χ1v) is 9.74. The Morgan fingerprint density at radius 2 is 1.67 bits per heavy atom. The second-order valence-corrected chi connectivity index (χ2v) is 7.39. The molecule has 0 saturated carbocycles. The summed E-state index contributed by atoms with van der Waals surface area (Å²) in [7, 11) is 1.67. The van der Waals surface area contributed by atoms with Gasteiger partial charge in [-0.2, -0.15) is 0 Å². The van der Waals surface area contributed by atoms with E-state index >= 15 is 0 Å². The maximum atomic E-state index is 12.4. The summed E-state index contributed by atoms with van der Waals surface area (Å²) >= 11 is 0. The fourth-order valence-corrected chi connectivity index (χ4v) is 2.80. The molecule has 30 heavy (non-hydrogen) atoms. The number of nitrogens with zero attached hydrogens (tertiary/aromatic N) is 2. The van der Waals surface area contributed by atoms with Crippen LogP contribution in [0.1, 0.15) is 23.6 Å². The van der Waals surface area contributed by atoms with Crippen LogP contribution in [-0.4, -0.2) is 53.8 Å². The molecule has 0 spiro atoms. The molecule has 2 rings (SSSR count). The minimum Gasteiger partial charge on any atom is -0.346 e. The molecule has 8 nitrogen and oxygen atoms in total. The Morgan fingerprint density at radius 1 is 1.00 bits per heavy atom. The van der Waals surface area contributed by atoms with Gasteiger partial charge < -0.3 is 16.0 Å². The predicted octanol–water partition coefficient (Wildman–Crippen LogP) is 2.02. The van der Waals surface area contributed by atoms with E-state index in [1.807, 2.05) is 45.0 Å². The first-order chi connectivity index (χ1) is 14.2. The van der Waals surface area contributed by atoms with Crippen LogP contribution in [0.15, 0.2) is 36.5 Å². The Kier molecular flexibility index (Phi) is 8.06. The number of likely N-dealkylation sites (N-methyl/N-ethyl adjacent to an activating group) is 1. The quantitative estimate of drug-likeness (QED) is 0.617. The van der Waals surface area contributed by atoms with E-state index in [4.69, 9.17) is 0 Å². The first kappa shape index (κ1) is 23.0. The molecule has 0 radical (unpaired) electrons. The third kappa shape index (κ3) is 6.66. The van der Waals surface area contributed by atoms with E-state index in [-0.39, 0.29) is 30.8 Å². The van der Waals surface area contributed by atoms with Crippen molar-refractivity contribution < 1.29 is 14.4 Å². The summed E-state index contributed by atoms with van der Waals surface area (Å²) in [6.07, 6.45) is 1.67. The molecule has 160 valence electrons. The number of benzene rings is 1. The third-order valence-corrected chi connectivity index (χ3v) is 4.78. The van der Waals surface area contributed by atoms with E-state index in [1.54, 1.807) is 31.1 Å². The van der Waals surface area contributed by atoms with E-state index in [9.17, 15) is 14.4 Å². The normalized spacial score (nSPS) is 11.7. The summed E-state index contributed by atoms with van der Waals surface area (Å²) < 4.78 is 0. The van der Waals surface area contributed by atoms with Crippen molar-refractivity contribution in [2.75, 3.05) is 30.8 Å². The van der Waals surface area contributed by atoms with Gasteiger partial charge in [0.05, 0.1) is 19.1 Å². The van der Waals surface area contributed by atoms with E-state index in [0.717, 1.165) is 22.4 Å². The summed E-state index contributed by atoms with van der Waals surface area (Å²) in [6.45, 7) is 7.28. The van der Waals surface area contributed by atoms with Crippen molar-refractivity contribution in [2.45, 2.75) is 33.7 Å². The number of pyridine rings is 1. The van der Waals surface area contributed by atoms with Gasteiger partial charge in [-0.25, -0.2) is 4.98 Å². The van der Waals surface area contributed by atoms with Crippen molar-refractivity contribution in [1.29, 1.82) is 0 Å². The SMILES string of the molecule is Cc1ccc(NC(=O)CN(C)C(C)C(=O)NCC(=O)Nc2c(C)cccc2C)nc1. The molecular formula is C22H29N5O3. The molecule has 0 aliphatic rings. The smallest absolute Gasteiger partial charge is 0.243 e. The minimum atomic E-state index is -0.588. The van der Waals surface area contributed by atoms with Gasteiger partial charge in [-0.3, -0.25) is 19.3 Å². The molecule has 1 aromatic heterocycles. The zero-order valence-corrected chi connectivity index (χ0v) is 18.1. The Balaban J connectivity index is 1.80. The molecule has 1 unspecified atom stereocenters. The van der Waals surface area contributed by atoms with E-state index in [2.05, 4.69) is 20.9 Å². The van der Waals surface area contributed by atoms with Gasteiger partial charge in [-0.05, 0) is 57.5 Å². The molecule has 3 N–H and O–H groups in total. The number of hydrogen-bond donors (Lipinski definition) is 3. The van der Waals surface area contributed by atoms with Gasteiger partial charge in [0, 0.05) is 11.9 Å². The van der Waals surface area contributed by atoms with Gasteiger partial charge in [-0.1, -0.05) is 24.3 Å². The van der Waals surface area contributed by atoms with Crippen LogP contribution >= 0.6 is 0 Å². The lowest BCUT2D eigenvalue weighted by Crippen LogP contribution is -2.47. The van der Waals surface area contributed by atoms with Gasteiger partial charge in [-0.15, -0.1) is 0 Å². The summed E-state index contributed by atoms with van der Waals surface area (Å²) in [5, 5.41) is 8.14. The predicted molar refractivity (Wildman–Crippen MR) is 117 cm³/mol. The Labute approximate surface area is 177 Å². The maximum absolute atomic E-state index is 12.4. The van der Waals surface area contributed by atoms with Crippen LogP contribution in [0.5, 0.6) is 0 Å². The number of rotatable bonds is 8. The number of carbonyl (C=O) groups excluding carboxylic acids is 3.